The third-order valence-corrected chi connectivity index (χ3v) is 15.8. The van der Waals surface area contributed by atoms with Crippen molar-refractivity contribution in [3.8, 4) is 0 Å². The average molecular weight is 781 g/mol. The molecule has 0 unspecified atom stereocenters. The summed E-state index contributed by atoms with van der Waals surface area (Å²) in [7, 11) is 0. The molecule has 0 aromatic heterocycles. The predicted octanol–water partition coefficient (Wildman–Crippen LogP) is 2.22. The number of carbonyl (C=O) groups is 1. The van der Waals surface area contributed by atoms with Crippen molar-refractivity contribution in [1.29, 1.82) is 0 Å². The monoisotopic (exact) mass is 780 g/mol. The number of hydrogen-bond acceptors (Lipinski definition) is 14. The fraction of sp³-hybridized carbons (Fsp3) is 0.927. The third kappa shape index (κ3) is 7.05. The van der Waals surface area contributed by atoms with E-state index in [-0.39, 0.29) is 55.2 Å². The van der Waals surface area contributed by atoms with Crippen molar-refractivity contribution in [3.63, 3.8) is 0 Å². The minimum absolute atomic E-state index is 0.0203. The Kier molecular flexibility index (Phi) is 11.1. The molecule has 0 radical (unpaired) electrons. The van der Waals surface area contributed by atoms with Crippen LogP contribution in [0.1, 0.15) is 105 Å². The molecule has 7 fully saturated rings. The number of fused-ring (bicyclic) bond motifs is 5. The summed E-state index contributed by atoms with van der Waals surface area (Å²) in [5.74, 6) is 0.174. The van der Waals surface area contributed by atoms with E-state index >= 15 is 0 Å². The van der Waals surface area contributed by atoms with Crippen LogP contribution >= 0.6 is 0 Å². The van der Waals surface area contributed by atoms with E-state index in [1.165, 1.54) is 6.08 Å². The highest BCUT2D eigenvalue weighted by Crippen LogP contribution is 2.70. The fourth-order valence-corrected chi connectivity index (χ4v) is 12.9. The molecule has 14 nitrogen and oxygen atoms in total. The Bertz CT molecular complexity index is 1410. The number of esters is 1. The number of hydrogen-bond donors (Lipinski definition) is 6. The fourth-order valence-electron chi connectivity index (χ4n) is 12.9. The highest BCUT2D eigenvalue weighted by atomic mass is 16.7. The second-order valence-corrected chi connectivity index (χ2v) is 18.9. The summed E-state index contributed by atoms with van der Waals surface area (Å²) in [6.45, 7) is 9.98. The standard InChI is InChI=1S/C41H64O14/c1-19-36(47)27(42)14-33(50-19)54-38-21(3)52-34(16-29(38)44)55-37-20(2)51-32(15-28(37)43)53-24-8-10-39(4)23(13-24)6-7-26-25(39)9-11-40(5)35(22-12-31(46)49-18-22)30(45)17-41(26,40)48/h12,19-21,23-30,32-38,42-45,47-48H,6-11,13-18H2,1-5H3/t19-,20-,21-,23-,24+,25-,26-,27+,28+,29+,30+,32+,33-,34-,35+,36-,37+,38-,39+,40-,41+/m1/s1. The number of aliphatic hydroxyl groups excluding tert-OH is 5. The molecular formula is C41H64O14. The van der Waals surface area contributed by atoms with Gasteiger partial charge in [0.25, 0.3) is 0 Å². The molecular weight excluding hydrogens is 716 g/mol. The van der Waals surface area contributed by atoms with E-state index in [4.69, 9.17) is 33.2 Å². The second-order valence-electron chi connectivity index (χ2n) is 18.9. The van der Waals surface area contributed by atoms with Crippen molar-refractivity contribution in [3.05, 3.63) is 11.6 Å². The molecule has 8 rings (SSSR count). The van der Waals surface area contributed by atoms with Gasteiger partial charge in [0, 0.05) is 43.1 Å². The van der Waals surface area contributed by atoms with Gasteiger partial charge in [-0.15, -0.1) is 0 Å². The van der Waals surface area contributed by atoms with Crippen LogP contribution in [0.4, 0.5) is 0 Å². The van der Waals surface area contributed by atoms with E-state index < -0.39 is 90.9 Å². The predicted molar refractivity (Wildman–Crippen MR) is 193 cm³/mol. The third-order valence-electron chi connectivity index (χ3n) is 15.8. The summed E-state index contributed by atoms with van der Waals surface area (Å²) in [6, 6.07) is 0. The number of ether oxygens (including phenoxy) is 7. The van der Waals surface area contributed by atoms with E-state index in [0.29, 0.717) is 18.3 Å². The molecule has 3 saturated heterocycles. The number of rotatable bonds is 7. The van der Waals surface area contributed by atoms with Crippen LogP contribution in [-0.2, 0) is 38.0 Å². The quantitative estimate of drug-likeness (QED) is 0.162. The maximum Gasteiger partial charge on any atom is 0.331 e. The molecule has 4 heterocycles. The topological polar surface area (TPSA) is 203 Å². The van der Waals surface area contributed by atoms with Gasteiger partial charge in [-0.25, -0.2) is 4.79 Å². The van der Waals surface area contributed by atoms with E-state index in [1.54, 1.807) is 13.8 Å². The number of carbonyl (C=O) groups excluding carboxylic acids is 1. The van der Waals surface area contributed by atoms with Crippen LogP contribution in [0.15, 0.2) is 11.6 Å². The first kappa shape index (κ1) is 40.5. The maximum absolute atomic E-state index is 12.6. The average Bonchev–Trinajstić information content (AvgIpc) is 3.62. The highest BCUT2D eigenvalue weighted by Gasteiger charge is 2.70. The van der Waals surface area contributed by atoms with E-state index in [0.717, 1.165) is 50.5 Å². The summed E-state index contributed by atoms with van der Waals surface area (Å²) in [5, 5.41) is 66.3. The molecule has 55 heavy (non-hydrogen) atoms. The maximum atomic E-state index is 12.6. The van der Waals surface area contributed by atoms with Gasteiger partial charge < -0.3 is 63.8 Å². The van der Waals surface area contributed by atoms with Crippen molar-refractivity contribution in [2.24, 2.45) is 34.5 Å². The minimum Gasteiger partial charge on any atom is -0.458 e. The Morgan fingerprint density at radius 1 is 0.691 bits per heavy atom. The van der Waals surface area contributed by atoms with Crippen LogP contribution in [-0.4, -0.2) is 135 Å². The van der Waals surface area contributed by atoms with Crippen molar-refractivity contribution in [1.82, 2.24) is 0 Å². The molecule has 21 atom stereocenters. The first-order chi connectivity index (χ1) is 26.0. The van der Waals surface area contributed by atoms with Gasteiger partial charge >= 0.3 is 5.97 Å². The van der Waals surface area contributed by atoms with Gasteiger partial charge in [-0.1, -0.05) is 13.8 Å². The molecule has 4 aliphatic heterocycles. The SMILES string of the molecule is C[C@H]1O[C@H](O[C@H]2[C@@H](O)C[C@@H](O[C@@H]3[C@@H](O)C[C@H](O[C@H]4CC[C@@]5(C)[C@H](CC[C@@H]6[C@H]5CC[C@]5(C)[C@@H](C7=CC(=O)OC7)[C@@H](O)C[C@]65O)C4)O[C@@H]3C)O[C@@H]2C)C[C@H](O)[C@@H]1O. The number of cyclic esters (lactones) is 1. The first-order valence-corrected chi connectivity index (χ1v) is 20.9. The molecule has 4 saturated carbocycles. The van der Waals surface area contributed by atoms with Crippen molar-refractivity contribution < 1.29 is 68.6 Å². The molecule has 0 aromatic carbocycles. The van der Waals surface area contributed by atoms with E-state index in [1.807, 2.05) is 6.92 Å². The smallest absolute Gasteiger partial charge is 0.331 e. The Hall–Kier alpha value is -1.27. The summed E-state index contributed by atoms with van der Waals surface area (Å²) >= 11 is 0. The van der Waals surface area contributed by atoms with Crippen molar-refractivity contribution >= 4 is 5.97 Å². The zero-order valence-corrected chi connectivity index (χ0v) is 32.9. The van der Waals surface area contributed by atoms with Gasteiger partial charge in [-0.2, -0.15) is 0 Å². The molecule has 0 spiro atoms. The normalized spacial score (nSPS) is 55.5. The Balaban J connectivity index is 0.834. The van der Waals surface area contributed by atoms with Crippen molar-refractivity contribution in [2.45, 2.75) is 197 Å². The number of aliphatic hydroxyl groups is 6. The van der Waals surface area contributed by atoms with E-state index in [9.17, 15) is 35.4 Å². The van der Waals surface area contributed by atoms with Crippen LogP contribution in [0.2, 0.25) is 0 Å². The minimum atomic E-state index is -1.01. The highest BCUT2D eigenvalue weighted by molar-refractivity contribution is 5.85. The van der Waals surface area contributed by atoms with E-state index in [2.05, 4.69) is 13.8 Å². The van der Waals surface area contributed by atoms with Crippen LogP contribution in [0.3, 0.4) is 0 Å². The lowest BCUT2D eigenvalue weighted by Crippen LogP contribution is -2.62. The second kappa shape index (κ2) is 15.1. The Labute approximate surface area is 323 Å². The summed E-state index contributed by atoms with van der Waals surface area (Å²) < 4.78 is 42.1. The lowest BCUT2D eigenvalue weighted by atomic mass is 9.43. The molecule has 8 aliphatic rings. The molecule has 4 aliphatic carbocycles. The molecule has 0 amide bonds. The van der Waals surface area contributed by atoms with Gasteiger partial charge in [-0.3, -0.25) is 0 Å². The Morgan fingerprint density at radius 3 is 1.87 bits per heavy atom. The molecule has 0 aromatic rings. The zero-order chi connectivity index (χ0) is 39.2. The molecule has 14 heteroatoms. The van der Waals surface area contributed by atoms with Crippen LogP contribution < -0.4 is 0 Å². The molecule has 312 valence electrons. The summed E-state index contributed by atoms with van der Waals surface area (Å²) in [4.78, 5) is 12.0. The zero-order valence-electron chi connectivity index (χ0n) is 32.9. The van der Waals surface area contributed by atoms with Gasteiger partial charge in [0.1, 0.15) is 24.9 Å². The summed E-state index contributed by atoms with van der Waals surface area (Å²) in [5.41, 5.74) is -0.686. The largest absolute Gasteiger partial charge is 0.458 e. The molecule has 6 N–H and O–H groups in total. The molecule has 0 bridgehead atoms. The lowest BCUT2D eigenvalue weighted by Gasteiger charge is -2.63. The summed E-state index contributed by atoms with van der Waals surface area (Å²) in [6.07, 6.45) is -1.26. The van der Waals surface area contributed by atoms with Gasteiger partial charge in [-0.05, 0) is 94.5 Å². The Morgan fingerprint density at radius 2 is 1.29 bits per heavy atom. The van der Waals surface area contributed by atoms with Gasteiger partial charge in [0.05, 0.1) is 54.4 Å². The van der Waals surface area contributed by atoms with Gasteiger partial charge in [0.15, 0.2) is 18.9 Å². The van der Waals surface area contributed by atoms with Crippen LogP contribution in [0, 0.1) is 34.5 Å². The van der Waals surface area contributed by atoms with Crippen molar-refractivity contribution in [2.75, 3.05) is 6.61 Å². The van der Waals surface area contributed by atoms with Crippen LogP contribution in [0.5, 0.6) is 0 Å². The van der Waals surface area contributed by atoms with Gasteiger partial charge in [0.2, 0.25) is 0 Å². The first-order valence-electron chi connectivity index (χ1n) is 20.9. The van der Waals surface area contributed by atoms with Crippen LogP contribution in [0.25, 0.3) is 0 Å². The lowest BCUT2D eigenvalue weighted by molar-refractivity contribution is -0.336.